The number of amides is 1. The highest BCUT2D eigenvalue weighted by Crippen LogP contribution is 2.43. The molecule has 10 heteroatoms. The lowest BCUT2D eigenvalue weighted by atomic mass is 9.94. The number of hydrogen-bond donors (Lipinski definition) is 1. The first-order valence-corrected chi connectivity index (χ1v) is 12.8. The van der Waals surface area contributed by atoms with Gasteiger partial charge in [-0.15, -0.1) is 0 Å². The number of ketones is 1. The molecule has 1 atom stereocenters. The van der Waals surface area contributed by atoms with Gasteiger partial charge in [-0.2, -0.15) is 0 Å². The molecule has 202 valence electrons. The Kier molecular flexibility index (Phi) is 7.71. The molecule has 5 rings (SSSR count). The molecule has 2 saturated heterocycles. The number of nitrogens with zero attached hydrogens (tertiary/aromatic N) is 2. The number of Topliss-reactive ketones (excluding diaryl/α,β-unsaturated/α-hetero) is 1. The Balaban J connectivity index is 1.56. The first-order valence-electron chi connectivity index (χ1n) is 12.8. The van der Waals surface area contributed by atoms with Crippen LogP contribution in [0.15, 0.2) is 42.0 Å². The van der Waals surface area contributed by atoms with Gasteiger partial charge in [0.15, 0.2) is 23.0 Å². The Bertz CT molecular complexity index is 1240. The van der Waals surface area contributed by atoms with Crippen molar-refractivity contribution in [3.63, 3.8) is 0 Å². The zero-order chi connectivity index (χ0) is 26.6. The molecule has 2 aromatic carbocycles. The van der Waals surface area contributed by atoms with Crippen molar-refractivity contribution in [2.24, 2.45) is 0 Å². The lowest BCUT2D eigenvalue weighted by Crippen LogP contribution is -2.42. The van der Waals surface area contributed by atoms with Crippen LogP contribution < -0.4 is 18.9 Å². The van der Waals surface area contributed by atoms with Gasteiger partial charge >= 0.3 is 0 Å². The van der Waals surface area contributed by atoms with Gasteiger partial charge in [0.2, 0.25) is 0 Å². The summed E-state index contributed by atoms with van der Waals surface area (Å²) in [5.41, 5.74) is 1.01. The van der Waals surface area contributed by atoms with Crippen LogP contribution in [0.3, 0.4) is 0 Å². The van der Waals surface area contributed by atoms with Gasteiger partial charge in [0.05, 0.1) is 38.5 Å². The molecule has 1 N–H and O–H groups in total. The van der Waals surface area contributed by atoms with Gasteiger partial charge in [0.1, 0.15) is 19.0 Å². The highest BCUT2D eigenvalue weighted by Gasteiger charge is 2.46. The predicted octanol–water partition coefficient (Wildman–Crippen LogP) is 2.62. The smallest absolute Gasteiger partial charge is 0.295 e. The minimum atomic E-state index is -0.811. The van der Waals surface area contributed by atoms with Crippen molar-refractivity contribution in [2.75, 3.05) is 66.3 Å². The lowest BCUT2D eigenvalue weighted by molar-refractivity contribution is -0.140. The van der Waals surface area contributed by atoms with E-state index in [1.807, 2.05) is 6.92 Å². The maximum absolute atomic E-state index is 13.4. The number of carbonyl (C=O) groups is 2. The van der Waals surface area contributed by atoms with Gasteiger partial charge in [0, 0.05) is 31.7 Å². The van der Waals surface area contributed by atoms with Crippen molar-refractivity contribution >= 4 is 17.4 Å². The molecule has 1 amide bonds. The molecule has 2 aromatic rings. The summed E-state index contributed by atoms with van der Waals surface area (Å²) in [5.74, 6) is 0.394. The van der Waals surface area contributed by atoms with E-state index in [0.29, 0.717) is 80.2 Å². The molecule has 0 aromatic heterocycles. The van der Waals surface area contributed by atoms with Crippen LogP contribution in [0.1, 0.15) is 24.1 Å². The van der Waals surface area contributed by atoms with E-state index in [0.717, 1.165) is 13.1 Å². The normalized spacial score (nSPS) is 21.0. The van der Waals surface area contributed by atoms with Crippen LogP contribution in [0, 0.1) is 0 Å². The van der Waals surface area contributed by atoms with E-state index < -0.39 is 17.7 Å². The number of methoxy groups -OCH3 is 1. The van der Waals surface area contributed by atoms with Gasteiger partial charge in [0.25, 0.3) is 11.7 Å². The summed E-state index contributed by atoms with van der Waals surface area (Å²) in [5, 5.41) is 11.4. The second-order valence-electron chi connectivity index (χ2n) is 9.15. The van der Waals surface area contributed by atoms with E-state index in [1.165, 1.54) is 12.0 Å². The number of hydrogen-bond acceptors (Lipinski definition) is 9. The molecule has 3 aliphatic rings. The van der Waals surface area contributed by atoms with Gasteiger partial charge < -0.3 is 33.7 Å². The zero-order valence-corrected chi connectivity index (χ0v) is 21.6. The molecule has 0 radical (unpaired) electrons. The van der Waals surface area contributed by atoms with Crippen molar-refractivity contribution in [1.82, 2.24) is 9.80 Å². The van der Waals surface area contributed by atoms with Gasteiger partial charge in [-0.25, -0.2) is 0 Å². The maximum atomic E-state index is 13.4. The molecule has 38 heavy (non-hydrogen) atoms. The van der Waals surface area contributed by atoms with Gasteiger partial charge in [-0.1, -0.05) is 6.07 Å². The Hall–Kier alpha value is -3.76. The molecule has 0 spiro atoms. The maximum Gasteiger partial charge on any atom is 0.295 e. The van der Waals surface area contributed by atoms with Crippen LogP contribution in [0.4, 0.5) is 0 Å². The molecule has 0 bridgehead atoms. The van der Waals surface area contributed by atoms with E-state index in [4.69, 9.17) is 23.7 Å². The van der Waals surface area contributed by atoms with Crippen molar-refractivity contribution in [3.05, 3.63) is 53.1 Å². The standard InChI is InChI=1S/C28H32N2O8/c1-3-36-20-6-4-18(16-22(20)34-2)25-24(26(31)19-5-7-21-23(17-19)38-15-14-37-21)27(32)28(33)30(25)9-8-29-10-12-35-13-11-29/h4-7,16-17,25,31H,3,8-15H2,1-2H3/b26-24-. The summed E-state index contributed by atoms with van der Waals surface area (Å²) in [6.45, 7) is 6.80. The number of aliphatic hydroxyl groups excluding tert-OH is 1. The summed E-state index contributed by atoms with van der Waals surface area (Å²) >= 11 is 0. The van der Waals surface area contributed by atoms with Crippen molar-refractivity contribution < 1.29 is 38.4 Å². The first-order chi connectivity index (χ1) is 18.5. The molecule has 10 nitrogen and oxygen atoms in total. The SMILES string of the molecule is CCOc1ccc(C2/C(=C(/O)c3ccc4c(c3)OCCO4)C(=O)C(=O)N2CCN2CCOCC2)cc1OC. The fraction of sp³-hybridized carbons (Fsp3) is 0.429. The summed E-state index contributed by atoms with van der Waals surface area (Å²) in [6, 6.07) is 9.45. The predicted molar refractivity (Wildman–Crippen MR) is 138 cm³/mol. The number of morpholine rings is 1. The molecular formula is C28H32N2O8. The number of likely N-dealkylation sites (tertiary alicyclic amines) is 1. The number of ether oxygens (including phenoxy) is 5. The van der Waals surface area contributed by atoms with Crippen molar-refractivity contribution in [3.8, 4) is 23.0 Å². The van der Waals surface area contributed by atoms with Crippen LogP contribution >= 0.6 is 0 Å². The molecule has 3 aliphatic heterocycles. The topological polar surface area (TPSA) is 107 Å². The van der Waals surface area contributed by atoms with E-state index in [-0.39, 0.29) is 11.3 Å². The third-order valence-corrected chi connectivity index (χ3v) is 6.92. The summed E-state index contributed by atoms with van der Waals surface area (Å²) in [6.07, 6.45) is 0. The number of carbonyl (C=O) groups excluding carboxylic acids is 2. The second-order valence-corrected chi connectivity index (χ2v) is 9.15. The number of fused-ring (bicyclic) bond motifs is 1. The van der Waals surface area contributed by atoms with Crippen LogP contribution in [0.2, 0.25) is 0 Å². The minimum Gasteiger partial charge on any atom is -0.507 e. The Morgan fingerprint density at radius 3 is 2.47 bits per heavy atom. The third kappa shape index (κ3) is 5.01. The van der Waals surface area contributed by atoms with E-state index in [2.05, 4.69) is 4.90 Å². The third-order valence-electron chi connectivity index (χ3n) is 6.92. The van der Waals surface area contributed by atoms with Crippen LogP contribution in [-0.4, -0.2) is 92.9 Å². The number of rotatable bonds is 8. The van der Waals surface area contributed by atoms with E-state index >= 15 is 0 Å². The second kappa shape index (κ2) is 11.3. The van der Waals surface area contributed by atoms with Crippen LogP contribution in [-0.2, 0) is 14.3 Å². The van der Waals surface area contributed by atoms with Gasteiger partial charge in [-0.3, -0.25) is 14.5 Å². The largest absolute Gasteiger partial charge is 0.507 e. The highest BCUT2D eigenvalue weighted by atomic mass is 16.6. The van der Waals surface area contributed by atoms with Crippen molar-refractivity contribution in [1.29, 1.82) is 0 Å². The van der Waals surface area contributed by atoms with Crippen LogP contribution in [0.25, 0.3) is 5.76 Å². The summed E-state index contributed by atoms with van der Waals surface area (Å²) < 4.78 is 27.9. The Labute approximate surface area is 221 Å². The Morgan fingerprint density at radius 2 is 1.74 bits per heavy atom. The molecule has 0 saturated carbocycles. The molecule has 3 heterocycles. The molecule has 0 aliphatic carbocycles. The molecular weight excluding hydrogens is 492 g/mol. The molecule has 2 fully saturated rings. The Morgan fingerprint density at radius 1 is 0.974 bits per heavy atom. The number of aliphatic hydroxyl groups is 1. The minimum absolute atomic E-state index is 0.0138. The molecule has 1 unspecified atom stereocenters. The van der Waals surface area contributed by atoms with Crippen molar-refractivity contribution in [2.45, 2.75) is 13.0 Å². The average molecular weight is 525 g/mol. The van der Waals surface area contributed by atoms with Crippen LogP contribution in [0.5, 0.6) is 23.0 Å². The summed E-state index contributed by atoms with van der Waals surface area (Å²) in [7, 11) is 1.53. The highest BCUT2D eigenvalue weighted by molar-refractivity contribution is 6.46. The quantitative estimate of drug-likeness (QED) is 0.317. The van der Waals surface area contributed by atoms with E-state index in [9.17, 15) is 14.7 Å². The zero-order valence-electron chi connectivity index (χ0n) is 21.6. The fourth-order valence-electron chi connectivity index (χ4n) is 5.01. The van der Waals surface area contributed by atoms with E-state index in [1.54, 1.807) is 36.4 Å². The number of benzene rings is 2. The monoisotopic (exact) mass is 524 g/mol. The fourth-order valence-corrected chi connectivity index (χ4v) is 5.01. The lowest BCUT2D eigenvalue weighted by Gasteiger charge is -2.31. The average Bonchev–Trinajstić information content (AvgIpc) is 3.21. The van der Waals surface area contributed by atoms with Gasteiger partial charge in [-0.05, 0) is 42.8 Å². The summed E-state index contributed by atoms with van der Waals surface area (Å²) in [4.78, 5) is 30.5. The first kappa shape index (κ1) is 25.9.